The Morgan fingerprint density at radius 1 is 1.41 bits per heavy atom. The van der Waals surface area contributed by atoms with Crippen molar-refractivity contribution in [3.8, 4) is 6.01 Å². The zero-order chi connectivity index (χ0) is 19.7. The van der Waals surface area contributed by atoms with E-state index in [1.54, 1.807) is 10.6 Å². The fourth-order valence-corrected chi connectivity index (χ4v) is 3.12. The molecule has 0 radical (unpaired) electrons. The van der Waals surface area contributed by atoms with Crippen LogP contribution < -0.4 is 4.74 Å². The van der Waals surface area contributed by atoms with E-state index < -0.39 is 11.3 Å². The van der Waals surface area contributed by atoms with E-state index in [4.69, 9.17) is 4.74 Å². The average Bonchev–Trinajstić information content (AvgIpc) is 2.94. The number of hydrogen-bond acceptors (Lipinski definition) is 6. The summed E-state index contributed by atoms with van der Waals surface area (Å²) in [5.41, 5.74) is -0.346. The van der Waals surface area contributed by atoms with Crippen LogP contribution in [0.2, 0.25) is 0 Å². The van der Waals surface area contributed by atoms with Gasteiger partial charge in [0, 0.05) is 36.6 Å². The summed E-state index contributed by atoms with van der Waals surface area (Å²) in [5, 5.41) is 10.8. The molecule has 0 fully saturated rings. The van der Waals surface area contributed by atoms with Crippen LogP contribution in [0, 0.1) is 15.5 Å². The molecule has 1 unspecified atom stereocenters. The van der Waals surface area contributed by atoms with Gasteiger partial charge in [-0.2, -0.15) is 0 Å². The Kier molecular flexibility index (Phi) is 5.13. The number of nitro groups is 1. The van der Waals surface area contributed by atoms with E-state index in [1.807, 2.05) is 6.92 Å². The smallest absolute Gasteiger partial charge is 0.444 e. The highest BCUT2D eigenvalue weighted by molar-refractivity contribution is 5.23. The highest BCUT2D eigenvalue weighted by Crippen LogP contribution is 2.33. The molecule has 2 aliphatic rings. The number of halogens is 3. The third-order valence-electron chi connectivity index (χ3n) is 4.45. The molecule has 0 N–H and O–H groups in total. The monoisotopic (exact) mass is 388 g/mol. The molecular weight excluding hydrogens is 369 g/mol. The van der Waals surface area contributed by atoms with Crippen molar-refractivity contribution in [1.29, 1.82) is 0 Å². The lowest BCUT2D eigenvalue weighted by atomic mass is 9.82. The van der Waals surface area contributed by atoms with Crippen molar-refractivity contribution >= 4 is 5.82 Å². The Bertz CT molecular complexity index is 774. The standard InChI is InChI=1S/C16H19F3N4O4/c1-15(4-2-12(3-5-15)27-16(17,18)19)11-21-6-7-22-10-13(23(24)25)20-14(22)26-9-8-21/h2-4,10H,5-9,11H2,1H3. The third kappa shape index (κ3) is 5.00. The lowest BCUT2D eigenvalue weighted by Gasteiger charge is -2.35. The molecule has 1 aromatic rings. The zero-order valence-corrected chi connectivity index (χ0v) is 14.6. The van der Waals surface area contributed by atoms with Crippen LogP contribution in [0.5, 0.6) is 6.01 Å². The molecule has 11 heteroatoms. The first kappa shape index (κ1) is 19.2. The Balaban J connectivity index is 1.60. The predicted molar refractivity (Wildman–Crippen MR) is 87.9 cm³/mol. The molecule has 3 rings (SSSR count). The number of aromatic nitrogens is 2. The van der Waals surface area contributed by atoms with E-state index in [0.29, 0.717) is 39.2 Å². The van der Waals surface area contributed by atoms with Gasteiger partial charge in [0.15, 0.2) is 0 Å². The number of hydrogen-bond donors (Lipinski definition) is 0. The molecule has 1 atom stereocenters. The molecule has 1 aromatic heterocycles. The quantitative estimate of drug-likeness (QED) is 0.583. The number of alkyl halides is 3. The normalized spacial score (nSPS) is 23.6. The summed E-state index contributed by atoms with van der Waals surface area (Å²) in [6.45, 7) is 4.54. The van der Waals surface area contributed by atoms with Crippen molar-refractivity contribution in [2.75, 3.05) is 26.2 Å². The SMILES string of the molecule is CC1(CN2CCOc3nc([N+](=O)[O-])cn3CC2)C=CC(OC(F)(F)F)=CC1. The van der Waals surface area contributed by atoms with Crippen molar-refractivity contribution in [2.24, 2.45) is 5.41 Å². The molecule has 0 saturated carbocycles. The van der Waals surface area contributed by atoms with Crippen LogP contribution in [0.4, 0.5) is 19.0 Å². The van der Waals surface area contributed by atoms with Crippen LogP contribution in [-0.4, -0.2) is 52.0 Å². The molecule has 1 aliphatic heterocycles. The van der Waals surface area contributed by atoms with Crippen LogP contribution in [0.3, 0.4) is 0 Å². The van der Waals surface area contributed by atoms with E-state index >= 15 is 0 Å². The molecule has 0 saturated heterocycles. The molecule has 0 amide bonds. The van der Waals surface area contributed by atoms with Crippen molar-refractivity contribution < 1.29 is 27.6 Å². The van der Waals surface area contributed by atoms with Crippen molar-refractivity contribution in [2.45, 2.75) is 26.3 Å². The third-order valence-corrected chi connectivity index (χ3v) is 4.45. The first-order valence-corrected chi connectivity index (χ1v) is 8.35. The fourth-order valence-electron chi connectivity index (χ4n) is 3.12. The molecule has 27 heavy (non-hydrogen) atoms. The molecule has 0 spiro atoms. The fraction of sp³-hybridized carbons (Fsp3) is 0.562. The van der Waals surface area contributed by atoms with Gasteiger partial charge in [-0.1, -0.05) is 13.0 Å². The average molecular weight is 388 g/mol. The van der Waals surface area contributed by atoms with Gasteiger partial charge in [-0.3, -0.25) is 9.47 Å². The summed E-state index contributed by atoms with van der Waals surface area (Å²) in [7, 11) is 0. The summed E-state index contributed by atoms with van der Waals surface area (Å²) < 4.78 is 47.9. The van der Waals surface area contributed by atoms with E-state index in [9.17, 15) is 23.3 Å². The topological polar surface area (TPSA) is 82.7 Å². The second-order valence-corrected chi connectivity index (χ2v) is 6.80. The van der Waals surface area contributed by atoms with E-state index in [1.165, 1.54) is 18.3 Å². The number of nitrogens with zero attached hydrogens (tertiary/aromatic N) is 4. The van der Waals surface area contributed by atoms with Crippen LogP contribution in [-0.2, 0) is 11.3 Å². The highest BCUT2D eigenvalue weighted by Gasteiger charge is 2.34. The summed E-state index contributed by atoms with van der Waals surface area (Å²) in [4.78, 5) is 16.2. The highest BCUT2D eigenvalue weighted by atomic mass is 19.4. The van der Waals surface area contributed by atoms with E-state index in [-0.39, 0.29) is 23.0 Å². The summed E-state index contributed by atoms with van der Waals surface area (Å²) >= 11 is 0. The van der Waals surface area contributed by atoms with Gasteiger partial charge in [-0.05, 0) is 23.5 Å². The molecule has 0 aromatic carbocycles. The van der Waals surface area contributed by atoms with Crippen molar-refractivity contribution in [3.05, 3.63) is 40.3 Å². The number of fused-ring (bicyclic) bond motifs is 1. The molecule has 148 valence electrons. The Hall–Kier alpha value is -2.56. The lowest BCUT2D eigenvalue weighted by Crippen LogP contribution is -2.41. The van der Waals surface area contributed by atoms with Crippen LogP contribution in [0.1, 0.15) is 13.3 Å². The summed E-state index contributed by atoms with van der Waals surface area (Å²) in [6.07, 6.45) is 1.55. The zero-order valence-electron chi connectivity index (χ0n) is 14.6. The molecule has 8 nitrogen and oxygen atoms in total. The number of imidazole rings is 1. The predicted octanol–water partition coefficient (Wildman–Crippen LogP) is 2.87. The second-order valence-electron chi connectivity index (χ2n) is 6.80. The number of ether oxygens (including phenoxy) is 2. The maximum Gasteiger partial charge on any atom is 0.573 e. The number of rotatable bonds is 4. The van der Waals surface area contributed by atoms with Crippen LogP contribution >= 0.6 is 0 Å². The summed E-state index contributed by atoms with van der Waals surface area (Å²) in [6, 6.07) is 0.224. The van der Waals surface area contributed by atoms with Gasteiger partial charge in [0.2, 0.25) is 0 Å². The van der Waals surface area contributed by atoms with Gasteiger partial charge >= 0.3 is 18.2 Å². The Morgan fingerprint density at radius 3 is 2.81 bits per heavy atom. The van der Waals surface area contributed by atoms with Gasteiger partial charge in [-0.25, -0.2) is 0 Å². The van der Waals surface area contributed by atoms with Crippen molar-refractivity contribution in [1.82, 2.24) is 14.5 Å². The van der Waals surface area contributed by atoms with Gasteiger partial charge in [0.1, 0.15) is 18.6 Å². The van der Waals surface area contributed by atoms with Crippen LogP contribution in [0.25, 0.3) is 0 Å². The summed E-state index contributed by atoms with van der Waals surface area (Å²) in [5.74, 6) is -0.464. The van der Waals surface area contributed by atoms with Crippen LogP contribution in [0.15, 0.2) is 30.2 Å². The van der Waals surface area contributed by atoms with Gasteiger partial charge < -0.3 is 19.6 Å². The molecular formula is C16H19F3N4O4. The minimum Gasteiger partial charge on any atom is -0.444 e. The first-order valence-electron chi connectivity index (χ1n) is 8.35. The number of allylic oxidation sites excluding steroid dienone is 2. The molecule has 1 aliphatic carbocycles. The Morgan fingerprint density at radius 2 is 2.19 bits per heavy atom. The lowest BCUT2D eigenvalue weighted by molar-refractivity contribution is -0.389. The molecule has 2 heterocycles. The molecule has 0 bridgehead atoms. The van der Waals surface area contributed by atoms with Gasteiger partial charge in [-0.15, -0.1) is 13.2 Å². The van der Waals surface area contributed by atoms with E-state index in [0.717, 1.165) is 0 Å². The Labute approximate surface area is 153 Å². The van der Waals surface area contributed by atoms with E-state index in [2.05, 4.69) is 14.6 Å². The van der Waals surface area contributed by atoms with Gasteiger partial charge in [0.25, 0.3) is 0 Å². The largest absolute Gasteiger partial charge is 0.573 e. The maximum atomic E-state index is 12.3. The second kappa shape index (κ2) is 7.22. The maximum absolute atomic E-state index is 12.3. The van der Waals surface area contributed by atoms with Gasteiger partial charge in [0.05, 0.1) is 0 Å². The van der Waals surface area contributed by atoms with Crippen molar-refractivity contribution in [3.63, 3.8) is 0 Å². The minimum absolute atomic E-state index is 0.202. The minimum atomic E-state index is -4.70. The first-order chi connectivity index (χ1) is 12.6.